The normalized spacial score (nSPS) is 10.8. The zero-order chi connectivity index (χ0) is 17.6. The molecular weight excluding hydrogens is 356 g/mol. The predicted molar refractivity (Wildman–Crippen MR) is 101 cm³/mol. The van der Waals surface area contributed by atoms with Crippen molar-refractivity contribution in [1.29, 1.82) is 0 Å². The Morgan fingerprint density at radius 2 is 1.96 bits per heavy atom. The molecule has 0 aliphatic carbocycles. The van der Waals surface area contributed by atoms with Crippen LogP contribution in [-0.4, -0.2) is 23.0 Å². The van der Waals surface area contributed by atoms with Gasteiger partial charge in [0.05, 0.1) is 22.5 Å². The summed E-state index contributed by atoms with van der Waals surface area (Å²) < 4.78 is 0. The van der Waals surface area contributed by atoms with E-state index in [-0.39, 0.29) is 11.8 Å². The summed E-state index contributed by atoms with van der Waals surface area (Å²) in [5, 5.41) is 8.05. The van der Waals surface area contributed by atoms with Crippen molar-refractivity contribution in [2.75, 3.05) is 4.90 Å². The number of rotatable bonds is 5. The number of hydrogen-bond donors (Lipinski definition) is 1. The minimum atomic E-state index is -0.267. The van der Waals surface area contributed by atoms with Crippen molar-refractivity contribution in [3.63, 3.8) is 0 Å². The lowest BCUT2D eigenvalue weighted by Gasteiger charge is -2.17. The van der Waals surface area contributed by atoms with Gasteiger partial charge in [0.25, 0.3) is 5.91 Å². The van der Waals surface area contributed by atoms with E-state index in [9.17, 15) is 9.59 Å². The summed E-state index contributed by atoms with van der Waals surface area (Å²) in [7, 11) is 0. The fourth-order valence-electron chi connectivity index (χ4n) is 2.06. The van der Waals surface area contributed by atoms with Gasteiger partial charge < -0.3 is 0 Å². The highest BCUT2D eigenvalue weighted by Gasteiger charge is 2.17. The molecule has 0 spiro atoms. The highest BCUT2D eigenvalue weighted by Crippen LogP contribution is 2.28. The van der Waals surface area contributed by atoms with Crippen LogP contribution in [0.4, 0.5) is 10.8 Å². The van der Waals surface area contributed by atoms with Crippen LogP contribution < -0.4 is 10.3 Å². The topological polar surface area (TPSA) is 74.7 Å². The Morgan fingerprint density at radius 3 is 2.64 bits per heavy atom. The lowest BCUT2D eigenvalue weighted by atomic mass is 10.3. The van der Waals surface area contributed by atoms with Crippen molar-refractivity contribution < 1.29 is 9.59 Å². The van der Waals surface area contributed by atoms with E-state index in [2.05, 4.69) is 15.5 Å². The Labute approximate surface area is 152 Å². The minimum absolute atomic E-state index is 0.130. The molecule has 2 heterocycles. The summed E-state index contributed by atoms with van der Waals surface area (Å²) in [5.74, 6) is -0.397. The lowest BCUT2D eigenvalue weighted by molar-refractivity contribution is -0.115. The average molecular weight is 370 g/mol. The van der Waals surface area contributed by atoms with Crippen LogP contribution in [0.1, 0.15) is 22.3 Å². The first-order chi connectivity index (χ1) is 12.1. The Bertz CT molecular complexity index is 889. The molecule has 0 fully saturated rings. The van der Waals surface area contributed by atoms with Gasteiger partial charge in [0, 0.05) is 12.3 Å². The third-order valence-electron chi connectivity index (χ3n) is 3.14. The Hall–Kier alpha value is -2.84. The summed E-state index contributed by atoms with van der Waals surface area (Å²) in [6.45, 7) is 1.49. The molecule has 25 heavy (non-hydrogen) atoms. The van der Waals surface area contributed by atoms with Crippen LogP contribution in [-0.2, 0) is 4.79 Å². The number of thiophene rings is 1. The second-order valence-electron chi connectivity index (χ2n) is 4.92. The van der Waals surface area contributed by atoms with Crippen molar-refractivity contribution in [3.8, 4) is 0 Å². The fraction of sp³-hybridized carbons (Fsp3) is 0.0588. The second kappa shape index (κ2) is 7.82. The Morgan fingerprint density at radius 1 is 1.16 bits per heavy atom. The van der Waals surface area contributed by atoms with E-state index < -0.39 is 0 Å². The lowest BCUT2D eigenvalue weighted by Crippen LogP contribution is -2.22. The predicted octanol–water partition coefficient (Wildman–Crippen LogP) is 3.65. The molecule has 1 N–H and O–H groups in total. The Kier molecular flexibility index (Phi) is 5.32. The number of benzene rings is 1. The van der Waals surface area contributed by atoms with E-state index in [4.69, 9.17) is 0 Å². The molecule has 2 aromatic heterocycles. The summed E-state index contributed by atoms with van der Waals surface area (Å²) >= 11 is 2.67. The van der Waals surface area contributed by atoms with Crippen LogP contribution in [0.25, 0.3) is 0 Å². The van der Waals surface area contributed by atoms with Crippen LogP contribution in [0.3, 0.4) is 0 Å². The van der Waals surface area contributed by atoms with Crippen molar-refractivity contribution >= 4 is 51.5 Å². The van der Waals surface area contributed by atoms with E-state index in [1.165, 1.54) is 40.7 Å². The molecule has 0 unspecified atom stereocenters. The maximum atomic E-state index is 12.0. The van der Waals surface area contributed by atoms with Gasteiger partial charge in [-0.25, -0.2) is 10.4 Å². The van der Waals surface area contributed by atoms with Crippen molar-refractivity contribution in [3.05, 3.63) is 63.8 Å². The maximum absolute atomic E-state index is 12.0. The first-order valence-electron chi connectivity index (χ1n) is 7.33. The molecule has 6 nitrogen and oxygen atoms in total. The number of carbonyl (C=O) groups is 2. The molecule has 0 saturated heterocycles. The first-order valence-corrected chi connectivity index (χ1v) is 9.09. The largest absolute Gasteiger partial charge is 0.281 e. The quantitative estimate of drug-likeness (QED) is 0.550. The van der Waals surface area contributed by atoms with Gasteiger partial charge in [0.1, 0.15) is 0 Å². The average Bonchev–Trinajstić information content (AvgIpc) is 3.28. The molecule has 0 bridgehead atoms. The Balaban J connectivity index is 1.72. The van der Waals surface area contributed by atoms with Crippen molar-refractivity contribution in [2.24, 2.45) is 5.10 Å². The molecule has 0 saturated carbocycles. The van der Waals surface area contributed by atoms with E-state index in [0.29, 0.717) is 15.7 Å². The summed E-state index contributed by atoms with van der Waals surface area (Å²) in [4.78, 5) is 30.3. The van der Waals surface area contributed by atoms with E-state index in [0.717, 1.165) is 5.69 Å². The minimum Gasteiger partial charge on any atom is -0.274 e. The zero-order valence-corrected chi connectivity index (χ0v) is 14.9. The SMILES string of the molecule is CC(=O)N(c1ccccc1)c1nc(/C=N\NC(=O)c2cccs2)cs1. The van der Waals surface area contributed by atoms with E-state index >= 15 is 0 Å². The van der Waals surface area contributed by atoms with Gasteiger partial charge in [0.15, 0.2) is 5.13 Å². The van der Waals surface area contributed by atoms with Crippen molar-refractivity contribution in [2.45, 2.75) is 6.92 Å². The molecule has 3 rings (SSSR count). The van der Waals surface area contributed by atoms with Crippen LogP contribution in [0, 0.1) is 0 Å². The number of thiazole rings is 1. The number of aromatic nitrogens is 1. The van der Waals surface area contributed by atoms with Gasteiger partial charge in [0.2, 0.25) is 5.91 Å². The highest BCUT2D eigenvalue weighted by molar-refractivity contribution is 7.14. The molecule has 0 aliphatic heterocycles. The fourth-order valence-corrected chi connectivity index (χ4v) is 3.51. The van der Waals surface area contributed by atoms with E-state index in [1.807, 2.05) is 35.7 Å². The van der Waals surface area contributed by atoms with Gasteiger partial charge in [-0.1, -0.05) is 24.3 Å². The molecule has 0 aliphatic rings. The molecule has 1 aromatic carbocycles. The number of hydrazone groups is 1. The summed E-state index contributed by atoms with van der Waals surface area (Å²) in [6.07, 6.45) is 1.45. The monoisotopic (exact) mass is 370 g/mol. The van der Waals surface area contributed by atoms with Gasteiger partial charge in [-0.2, -0.15) is 5.10 Å². The van der Waals surface area contributed by atoms with Gasteiger partial charge >= 0.3 is 0 Å². The molecule has 3 aromatic rings. The molecule has 8 heteroatoms. The van der Waals surface area contributed by atoms with Crippen molar-refractivity contribution in [1.82, 2.24) is 10.4 Å². The maximum Gasteiger partial charge on any atom is 0.281 e. The van der Waals surface area contributed by atoms with Crippen LogP contribution >= 0.6 is 22.7 Å². The highest BCUT2D eigenvalue weighted by atomic mass is 32.1. The van der Waals surface area contributed by atoms with Gasteiger partial charge in [-0.05, 0) is 23.6 Å². The standard InChI is InChI=1S/C17H14N4O2S2/c1-12(22)21(14-6-3-2-4-7-14)17-19-13(11-25-17)10-18-20-16(23)15-8-5-9-24-15/h2-11H,1H3,(H,20,23)/b18-10-. The second-order valence-corrected chi connectivity index (χ2v) is 6.71. The molecular formula is C17H14N4O2S2. The van der Waals surface area contributed by atoms with Crippen LogP contribution in [0.2, 0.25) is 0 Å². The van der Waals surface area contributed by atoms with Crippen LogP contribution in [0.5, 0.6) is 0 Å². The third-order valence-corrected chi connectivity index (χ3v) is 4.85. The molecule has 2 amide bonds. The number of nitrogens with zero attached hydrogens (tertiary/aromatic N) is 3. The number of hydrogen-bond acceptors (Lipinski definition) is 6. The van der Waals surface area contributed by atoms with E-state index in [1.54, 1.807) is 17.5 Å². The number of amides is 2. The summed E-state index contributed by atoms with van der Waals surface area (Å²) in [6, 6.07) is 12.8. The third kappa shape index (κ3) is 4.17. The zero-order valence-electron chi connectivity index (χ0n) is 13.2. The molecule has 126 valence electrons. The molecule has 0 radical (unpaired) electrons. The first kappa shape index (κ1) is 17.0. The number of carbonyl (C=O) groups excluding carboxylic acids is 2. The number of para-hydroxylation sites is 1. The van der Waals surface area contributed by atoms with Gasteiger partial charge in [-0.3, -0.25) is 14.5 Å². The summed E-state index contributed by atoms with van der Waals surface area (Å²) in [5.41, 5.74) is 3.76. The molecule has 0 atom stereocenters. The van der Waals surface area contributed by atoms with Gasteiger partial charge in [-0.15, -0.1) is 22.7 Å². The number of anilines is 2. The van der Waals surface area contributed by atoms with Crippen LogP contribution in [0.15, 0.2) is 58.3 Å². The number of nitrogens with one attached hydrogen (secondary N) is 1. The smallest absolute Gasteiger partial charge is 0.274 e.